The molecule has 1 aliphatic rings. The zero-order valence-electron chi connectivity index (χ0n) is 12.8. The molecule has 1 N–H and O–H groups in total. The lowest BCUT2D eigenvalue weighted by Crippen LogP contribution is -2.23. The lowest BCUT2D eigenvalue weighted by atomic mass is 10.1. The number of rotatable bonds is 4. The molecule has 1 fully saturated rings. The molecule has 0 aliphatic carbocycles. The van der Waals surface area contributed by atoms with Crippen molar-refractivity contribution < 1.29 is 0 Å². The zero-order valence-corrected chi connectivity index (χ0v) is 13.6. The molecule has 6 heteroatoms. The predicted octanol–water partition coefficient (Wildman–Crippen LogP) is 2.93. The molecule has 1 saturated heterocycles. The van der Waals surface area contributed by atoms with Crippen molar-refractivity contribution >= 4 is 17.2 Å². The number of likely N-dealkylation sites (tertiary alicyclic amines) is 1. The van der Waals surface area contributed by atoms with Crippen LogP contribution in [0.15, 0.2) is 11.6 Å². The fourth-order valence-corrected chi connectivity index (χ4v) is 3.70. The molecule has 2 aromatic rings. The van der Waals surface area contributed by atoms with Crippen molar-refractivity contribution in [1.29, 1.82) is 0 Å². The highest BCUT2D eigenvalue weighted by molar-refractivity contribution is 7.09. The van der Waals surface area contributed by atoms with Gasteiger partial charge < -0.3 is 5.32 Å². The van der Waals surface area contributed by atoms with E-state index in [2.05, 4.69) is 38.2 Å². The Hall–Kier alpha value is -1.53. The zero-order chi connectivity index (χ0) is 14.8. The number of anilines is 1. The molecular weight excluding hydrogens is 282 g/mol. The van der Waals surface area contributed by atoms with Crippen LogP contribution in [0.3, 0.4) is 0 Å². The normalized spacial score (nSPS) is 19.1. The Morgan fingerprint density at radius 3 is 2.95 bits per heavy atom. The predicted molar refractivity (Wildman–Crippen MR) is 85.6 cm³/mol. The molecule has 1 atom stereocenters. The van der Waals surface area contributed by atoms with E-state index in [1.165, 1.54) is 11.3 Å². The van der Waals surface area contributed by atoms with E-state index >= 15 is 0 Å². The van der Waals surface area contributed by atoms with Crippen LogP contribution in [-0.2, 0) is 6.54 Å². The maximum Gasteiger partial charge on any atom is 0.129 e. The third kappa shape index (κ3) is 3.06. The lowest BCUT2D eigenvalue weighted by molar-refractivity contribution is 0.245. The van der Waals surface area contributed by atoms with E-state index in [4.69, 9.17) is 0 Å². The minimum absolute atomic E-state index is 0.389. The number of thiazole rings is 1. The summed E-state index contributed by atoms with van der Waals surface area (Å²) in [4.78, 5) is 17.3. The van der Waals surface area contributed by atoms with Crippen molar-refractivity contribution in [1.82, 2.24) is 19.9 Å². The molecule has 5 nitrogen and oxygen atoms in total. The van der Waals surface area contributed by atoms with Crippen molar-refractivity contribution in [3.05, 3.63) is 33.7 Å². The van der Waals surface area contributed by atoms with Crippen molar-refractivity contribution in [2.45, 2.75) is 39.3 Å². The molecule has 0 radical (unpaired) electrons. The SMILES string of the molecule is CNc1cc(C2CCCN2Cc2scnc2C)nc(C)n1. The fraction of sp³-hybridized carbons (Fsp3) is 0.533. The number of aromatic nitrogens is 3. The Bertz CT molecular complexity index is 624. The Morgan fingerprint density at radius 1 is 1.38 bits per heavy atom. The average Bonchev–Trinajstić information content (AvgIpc) is 3.08. The maximum atomic E-state index is 4.66. The molecule has 0 amide bonds. The highest BCUT2D eigenvalue weighted by Crippen LogP contribution is 2.33. The minimum atomic E-state index is 0.389. The number of aryl methyl sites for hydroxylation is 2. The van der Waals surface area contributed by atoms with Crippen molar-refractivity contribution in [2.75, 3.05) is 18.9 Å². The molecule has 21 heavy (non-hydrogen) atoms. The Kier molecular flexibility index (Phi) is 4.17. The van der Waals surface area contributed by atoms with Gasteiger partial charge in [0.05, 0.1) is 22.9 Å². The van der Waals surface area contributed by atoms with Crippen LogP contribution >= 0.6 is 11.3 Å². The number of nitrogens with one attached hydrogen (secondary N) is 1. The molecule has 0 bridgehead atoms. The molecule has 1 unspecified atom stereocenters. The Labute approximate surface area is 129 Å². The van der Waals surface area contributed by atoms with Gasteiger partial charge >= 0.3 is 0 Å². The van der Waals surface area contributed by atoms with Gasteiger partial charge in [-0.3, -0.25) is 4.90 Å². The molecule has 3 rings (SSSR count). The summed E-state index contributed by atoms with van der Waals surface area (Å²) in [7, 11) is 1.90. The van der Waals surface area contributed by atoms with E-state index in [1.807, 2.05) is 19.5 Å². The maximum absolute atomic E-state index is 4.66. The summed E-state index contributed by atoms with van der Waals surface area (Å²) in [6.45, 7) is 6.14. The van der Waals surface area contributed by atoms with Gasteiger partial charge in [0.25, 0.3) is 0 Å². The third-order valence-electron chi connectivity index (χ3n) is 4.01. The lowest BCUT2D eigenvalue weighted by Gasteiger charge is -2.24. The molecule has 0 aromatic carbocycles. The quantitative estimate of drug-likeness (QED) is 0.941. The molecular formula is C15H21N5S. The van der Waals surface area contributed by atoms with Gasteiger partial charge in [-0.2, -0.15) is 0 Å². The summed E-state index contributed by atoms with van der Waals surface area (Å²) >= 11 is 1.75. The van der Waals surface area contributed by atoms with Crippen molar-refractivity contribution in [3.8, 4) is 0 Å². The summed E-state index contributed by atoms with van der Waals surface area (Å²) in [5.74, 6) is 1.73. The molecule has 1 aliphatic heterocycles. The van der Waals surface area contributed by atoms with Crippen molar-refractivity contribution in [2.24, 2.45) is 0 Å². The van der Waals surface area contributed by atoms with Gasteiger partial charge in [0, 0.05) is 24.5 Å². The molecule has 3 heterocycles. The number of hydrogen-bond donors (Lipinski definition) is 1. The first-order valence-electron chi connectivity index (χ1n) is 7.33. The van der Waals surface area contributed by atoms with Crippen LogP contribution in [0.5, 0.6) is 0 Å². The van der Waals surface area contributed by atoms with Gasteiger partial charge in [-0.05, 0) is 33.2 Å². The van der Waals surface area contributed by atoms with Crippen LogP contribution in [-0.4, -0.2) is 33.4 Å². The second kappa shape index (κ2) is 6.07. The number of nitrogens with zero attached hydrogens (tertiary/aromatic N) is 4. The van der Waals surface area contributed by atoms with Crippen LogP contribution in [0.4, 0.5) is 5.82 Å². The largest absolute Gasteiger partial charge is 0.373 e. The average molecular weight is 303 g/mol. The molecule has 0 saturated carbocycles. The molecule has 0 spiro atoms. The van der Waals surface area contributed by atoms with Crippen LogP contribution < -0.4 is 5.32 Å². The van der Waals surface area contributed by atoms with Gasteiger partial charge in [-0.15, -0.1) is 11.3 Å². The summed E-state index contributed by atoms with van der Waals surface area (Å²) in [5.41, 5.74) is 4.22. The van der Waals surface area contributed by atoms with E-state index < -0.39 is 0 Å². The summed E-state index contributed by atoms with van der Waals surface area (Å²) < 4.78 is 0. The monoisotopic (exact) mass is 303 g/mol. The van der Waals surface area contributed by atoms with Crippen LogP contribution in [0.25, 0.3) is 0 Å². The third-order valence-corrected chi connectivity index (χ3v) is 4.93. The topological polar surface area (TPSA) is 53.9 Å². The Morgan fingerprint density at radius 2 is 2.24 bits per heavy atom. The first kappa shape index (κ1) is 14.4. The highest BCUT2D eigenvalue weighted by atomic mass is 32.1. The molecule has 112 valence electrons. The number of hydrogen-bond acceptors (Lipinski definition) is 6. The summed E-state index contributed by atoms with van der Waals surface area (Å²) in [5, 5.41) is 3.12. The van der Waals surface area contributed by atoms with Gasteiger partial charge in [0.1, 0.15) is 11.6 Å². The second-order valence-corrected chi connectivity index (χ2v) is 6.40. The second-order valence-electron chi connectivity index (χ2n) is 5.46. The summed E-state index contributed by atoms with van der Waals surface area (Å²) in [6.07, 6.45) is 2.39. The van der Waals surface area contributed by atoms with E-state index in [0.717, 1.165) is 42.5 Å². The van der Waals surface area contributed by atoms with E-state index in [1.54, 1.807) is 11.3 Å². The standard InChI is InChI=1S/C15H21N5S/c1-10-14(21-9-17-10)8-20-6-4-5-13(20)12-7-15(16-3)19-11(2)18-12/h7,9,13H,4-6,8H2,1-3H3,(H,16,18,19). The minimum Gasteiger partial charge on any atom is -0.373 e. The van der Waals surface area contributed by atoms with Gasteiger partial charge in [0.15, 0.2) is 0 Å². The van der Waals surface area contributed by atoms with Crippen LogP contribution in [0.2, 0.25) is 0 Å². The molecule has 2 aromatic heterocycles. The Balaban J connectivity index is 1.83. The first-order valence-corrected chi connectivity index (χ1v) is 8.21. The van der Waals surface area contributed by atoms with E-state index in [-0.39, 0.29) is 0 Å². The smallest absolute Gasteiger partial charge is 0.129 e. The fourth-order valence-electron chi connectivity index (χ4n) is 2.90. The van der Waals surface area contributed by atoms with Crippen LogP contribution in [0.1, 0.15) is 41.0 Å². The van der Waals surface area contributed by atoms with E-state index in [9.17, 15) is 0 Å². The van der Waals surface area contributed by atoms with Gasteiger partial charge in [0.2, 0.25) is 0 Å². The van der Waals surface area contributed by atoms with Gasteiger partial charge in [-0.1, -0.05) is 0 Å². The van der Waals surface area contributed by atoms with Gasteiger partial charge in [-0.25, -0.2) is 15.0 Å². The first-order chi connectivity index (χ1) is 10.2. The van der Waals surface area contributed by atoms with E-state index in [0.29, 0.717) is 6.04 Å². The van der Waals surface area contributed by atoms with Crippen LogP contribution in [0, 0.1) is 13.8 Å². The summed E-state index contributed by atoms with van der Waals surface area (Å²) in [6, 6.07) is 2.47. The van der Waals surface area contributed by atoms with Crippen molar-refractivity contribution in [3.63, 3.8) is 0 Å². The highest BCUT2D eigenvalue weighted by Gasteiger charge is 2.28.